The highest BCUT2D eigenvalue weighted by Gasteiger charge is 2.26. The summed E-state index contributed by atoms with van der Waals surface area (Å²) in [5.41, 5.74) is -0.190. The summed E-state index contributed by atoms with van der Waals surface area (Å²) >= 11 is 0. The van der Waals surface area contributed by atoms with Gasteiger partial charge in [-0.2, -0.15) is 0 Å². The Morgan fingerprint density at radius 3 is 2.17 bits per heavy atom. The first-order valence-electron chi connectivity index (χ1n) is 6.61. The first kappa shape index (κ1) is 17.4. The van der Waals surface area contributed by atoms with E-state index in [4.69, 9.17) is 9.47 Å². The van der Waals surface area contributed by atoms with Crippen LogP contribution in [0.25, 0.3) is 0 Å². The number of ether oxygens (including phenoxy) is 2. The third-order valence-electron chi connectivity index (χ3n) is 3.03. The maximum Gasteiger partial charge on any atom is 0.322 e. The molecule has 0 spiro atoms. The number of methoxy groups -OCH3 is 2. The molecular formula is C14H29NO3. The molecule has 0 fully saturated rings. The minimum atomic E-state index is -0.238. The summed E-state index contributed by atoms with van der Waals surface area (Å²) in [5, 5.41) is 3.33. The van der Waals surface area contributed by atoms with Crippen molar-refractivity contribution >= 4 is 5.97 Å². The minimum Gasteiger partial charge on any atom is -0.468 e. The number of nitrogens with one attached hydrogen (secondary N) is 1. The number of carbonyl (C=O) groups is 1. The Kier molecular flexibility index (Phi) is 7.48. The number of carbonyl (C=O) groups excluding carboxylic acids is 1. The van der Waals surface area contributed by atoms with Gasteiger partial charge in [0.15, 0.2) is 0 Å². The lowest BCUT2D eigenvalue weighted by Crippen LogP contribution is -2.46. The van der Waals surface area contributed by atoms with Crippen molar-refractivity contribution in [2.75, 3.05) is 14.2 Å². The van der Waals surface area contributed by atoms with Crippen molar-refractivity contribution in [3.8, 4) is 0 Å². The van der Waals surface area contributed by atoms with E-state index >= 15 is 0 Å². The molecule has 0 aromatic rings. The van der Waals surface area contributed by atoms with Crippen LogP contribution in [0.3, 0.4) is 0 Å². The highest BCUT2D eigenvalue weighted by molar-refractivity contribution is 5.75. The number of esters is 1. The highest BCUT2D eigenvalue weighted by atomic mass is 16.5. The minimum absolute atomic E-state index is 0.189. The lowest BCUT2D eigenvalue weighted by Gasteiger charge is -2.29. The van der Waals surface area contributed by atoms with E-state index in [2.05, 4.69) is 26.1 Å². The van der Waals surface area contributed by atoms with Gasteiger partial charge in [-0.05, 0) is 39.5 Å². The molecule has 0 rings (SSSR count). The van der Waals surface area contributed by atoms with Gasteiger partial charge >= 0.3 is 5.97 Å². The molecule has 18 heavy (non-hydrogen) atoms. The normalized spacial score (nSPS) is 15.6. The van der Waals surface area contributed by atoms with Crippen molar-refractivity contribution < 1.29 is 14.3 Å². The summed E-state index contributed by atoms with van der Waals surface area (Å²) in [6.07, 6.45) is 1.62. The molecule has 0 aromatic heterocycles. The fraction of sp³-hybridized carbons (Fsp3) is 0.929. The van der Waals surface area contributed by atoms with Crippen LogP contribution >= 0.6 is 0 Å². The zero-order valence-electron chi connectivity index (χ0n) is 12.9. The molecule has 2 atom stereocenters. The van der Waals surface area contributed by atoms with E-state index in [1.54, 1.807) is 7.11 Å². The molecule has 0 aliphatic carbocycles. The standard InChI is InChI=1S/C14H29NO3/c1-10(2)8-12(13(16)17-6)15-11(3)9-14(4,5)18-7/h10-12,15H,8-9H2,1-7H3. The lowest BCUT2D eigenvalue weighted by atomic mass is 9.97. The monoisotopic (exact) mass is 259 g/mol. The molecule has 0 aromatic carbocycles. The van der Waals surface area contributed by atoms with Crippen LogP contribution in [0, 0.1) is 5.92 Å². The first-order valence-corrected chi connectivity index (χ1v) is 6.61. The van der Waals surface area contributed by atoms with Crippen molar-refractivity contribution in [2.45, 2.75) is 65.1 Å². The molecule has 0 saturated heterocycles. The van der Waals surface area contributed by atoms with E-state index in [1.165, 1.54) is 7.11 Å². The number of rotatable bonds is 8. The van der Waals surface area contributed by atoms with E-state index in [0.717, 1.165) is 12.8 Å². The fourth-order valence-electron chi connectivity index (χ4n) is 2.07. The Bertz CT molecular complexity index is 251. The van der Waals surface area contributed by atoms with Crippen molar-refractivity contribution in [1.29, 1.82) is 0 Å². The van der Waals surface area contributed by atoms with Gasteiger partial charge in [0.2, 0.25) is 0 Å². The molecule has 0 saturated carbocycles. The maximum atomic E-state index is 11.7. The van der Waals surface area contributed by atoms with E-state index in [0.29, 0.717) is 5.92 Å². The molecule has 0 bridgehead atoms. The predicted octanol–water partition coefficient (Wildman–Crippen LogP) is 2.37. The summed E-state index contributed by atoms with van der Waals surface area (Å²) in [7, 11) is 3.14. The SMILES string of the molecule is COC(=O)C(CC(C)C)NC(C)CC(C)(C)OC. The summed E-state index contributed by atoms with van der Waals surface area (Å²) in [4.78, 5) is 11.7. The van der Waals surface area contributed by atoms with Crippen LogP contribution in [0.5, 0.6) is 0 Å². The molecule has 0 radical (unpaired) electrons. The zero-order chi connectivity index (χ0) is 14.3. The third-order valence-corrected chi connectivity index (χ3v) is 3.03. The molecule has 108 valence electrons. The molecule has 0 heterocycles. The topological polar surface area (TPSA) is 47.6 Å². The fourth-order valence-corrected chi connectivity index (χ4v) is 2.07. The second-order valence-electron chi connectivity index (χ2n) is 5.94. The van der Waals surface area contributed by atoms with Crippen molar-refractivity contribution in [2.24, 2.45) is 5.92 Å². The van der Waals surface area contributed by atoms with Crippen LogP contribution in [0.15, 0.2) is 0 Å². The van der Waals surface area contributed by atoms with E-state index in [9.17, 15) is 4.79 Å². The van der Waals surface area contributed by atoms with Gasteiger partial charge in [0.1, 0.15) is 6.04 Å². The van der Waals surface area contributed by atoms with E-state index in [1.807, 2.05) is 13.8 Å². The summed E-state index contributed by atoms with van der Waals surface area (Å²) in [6, 6.07) is -0.0412. The van der Waals surface area contributed by atoms with Gasteiger partial charge in [0.25, 0.3) is 0 Å². The number of hydrogen-bond acceptors (Lipinski definition) is 4. The van der Waals surface area contributed by atoms with Gasteiger partial charge in [-0.1, -0.05) is 13.8 Å². The van der Waals surface area contributed by atoms with E-state index in [-0.39, 0.29) is 23.7 Å². The largest absolute Gasteiger partial charge is 0.468 e. The summed E-state index contributed by atoms with van der Waals surface area (Å²) in [6.45, 7) is 10.3. The van der Waals surface area contributed by atoms with Gasteiger partial charge in [0, 0.05) is 13.2 Å². The average molecular weight is 259 g/mol. The van der Waals surface area contributed by atoms with E-state index < -0.39 is 0 Å². The van der Waals surface area contributed by atoms with Gasteiger partial charge in [-0.3, -0.25) is 4.79 Å². The van der Waals surface area contributed by atoms with Crippen LogP contribution in [0.2, 0.25) is 0 Å². The molecule has 0 amide bonds. The highest BCUT2D eigenvalue weighted by Crippen LogP contribution is 2.16. The average Bonchev–Trinajstić information content (AvgIpc) is 2.25. The second kappa shape index (κ2) is 7.74. The number of hydrogen-bond donors (Lipinski definition) is 1. The van der Waals surface area contributed by atoms with Crippen LogP contribution in [-0.2, 0) is 14.3 Å². The van der Waals surface area contributed by atoms with Crippen molar-refractivity contribution in [3.05, 3.63) is 0 Å². The summed E-state index contributed by atoms with van der Waals surface area (Å²) < 4.78 is 10.2. The Hall–Kier alpha value is -0.610. The van der Waals surface area contributed by atoms with Gasteiger partial charge in [0.05, 0.1) is 12.7 Å². The van der Waals surface area contributed by atoms with Crippen molar-refractivity contribution in [3.63, 3.8) is 0 Å². The Balaban J connectivity index is 4.43. The third kappa shape index (κ3) is 6.97. The molecule has 2 unspecified atom stereocenters. The van der Waals surface area contributed by atoms with Crippen LogP contribution in [0.4, 0.5) is 0 Å². The molecule has 4 heteroatoms. The van der Waals surface area contributed by atoms with Crippen LogP contribution < -0.4 is 5.32 Å². The molecule has 1 N–H and O–H groups in total. The van der Waals surface area contributed by atoms with Crippen molar-refractivity contribution in [1.82, 2.24) is 5.32 Å². The van der Waals surface area contributed by atoms with Gasteiger partial charge < -0.3 is 14.8 Å². The molecule has 0 aliphatic rings. The second-order valence-corrected chi connectivity index (χ2v) is 5.94. The lowest BCUT2D eigenvalue weighted by molar-refractivity contribution is -0.144. The molecule has 0 aliphatic heterocycles. The van der Waals surface area contributed by atoms with Gasteiger partial charge in [-0.25, -0.2) is 0 Å². The van der Waals surface area contributed by atoms with Crippen LogP contribution in [0.1, 0.15) is 47.5 Å². The maximum absolute atomic E-state index is 11.7. The van der Waals surface area contributed by atoms with Gasteiger partial charge in [-0.15, -0.1) is 0 Å². The predicted molar refractivity (Wildman–Crippen MR) is 73.6 cm³/mol. The van der Waals surface area contributed by atoms with Crippen LogP contribution in [-0.4, -0.2) is 37.9 Å². The Morgan fingerprint density at radius 1 is 1.22 bits per heavy atom. The smallest absolute Gasteiger partial charge is 0.322 e. The first-order chi connectivity index (χ1) is 8.21. The molecule has 4 nitrogen and oxygen atoms in total. The Labute approximate surface area is 111 Å². The Morgan fingerprint density at radius 2 is 1.78 bits per heavy atom. The summed E-state index contributed by atoms with van der Waals surface area (Å²) in [5.74, 6) is 0.259. The zero-order valence-corrected chi connectivity index (χ0v) is 12.9. The molecular weight excluding hydrogens is 230 g/mol. The quantitative estimate of drug-likeness (QED) is 0.680.